The molecule has 0 N–H and O–H groups in total. The summed E-state index contributed by atoms with van der Waals surface area (Å²) in [5.74, 6) is 1.54. The van der Waals surface area contributed by atoms with Gasteiger partial charge in [0.1, 0.15) is 0 Å². The molecule has 4 heteroatoms. The van der Waals surface area contributed by atoms with Crippen molar-refractivity contribution in [2.45, 2.75) is 57.5 Å². The van der Waals surface area contributed by atoms with Gasteiger partial charge in [0.05, 0.1) is 18.8 Å². The molecule has 0 aliphatic heterocycles. The number of esters is 1. The number of hydrogen-bond donors (Lipinski definition) is 0. The molecule has 0 amide bonds. The van der Waals surface area contributed by atoms with Crippen LogP contribution in [0.4, 0.5) is 0 Å². The predicted molar refractivity (Wildman–Crippen MR) is 85.9 cm³/mol. The van der Waals surface area contributed by atoms with Gasteiger partial charge in [0, 0.05) is 16.3 Å². The first-order valence-electron chi connectivity index (χ1n) is 7.94. The monoisotopic (exact) mass is 392 g/mol. The van der Waals surface area contributed by atoms with Crippen molar-refractivity contribution in [2.24, 2.45) is 17.3 Å². The highest BCUT2D eigenvalue weighted by Gasteiger charge is 2.58. The van der Waals surface area contributed by atoms with E-state index in [0.717, 1.165) is 29.3 Å². The highest BCUT2D eigenvalue weighted by Crippen LogP contribution is 2.62. The summed E-state index contributed by atoms with van der Waals surface area (Å²) in [6.45, 7) is 3.36. The quantitative estimate of drug-likeness (QED) is 0.393. The molecule has 3 nitrogen and oxygen atoms in total. The molecule has 4 fully saturated rings. The number of halogens is 1. The average Bonchev–Trinajstić information content (AvgIpc) is 2.41. The number of carbonyl (C=O) groups excluding carboxylic acids is 1. The first-order valence-corrected chi connectivity index (χ1v) is 9.47. The summed E-state index contributed by atoms with van der Waals surface area (Å²) in [4.78, 5) is 11.5. The Hall–Kier alpha value is 0.160. The summed E-state index contributed by atoms with van der Waals surface area (Å²) in [6.07, 6.45) is 7.94. The normalized spacial score (nSPS) is 41.9. The van der Waals surface area contributed by atoms with E-state index < -0.39 is 0 Å². The Bertz CT molecular complexity index is 368. The zero-order chi connectivity index (χ0) is 14.2. The SMILES string of the molecule is CCC(=O)OCC12CC3CC(C1)CC(OCCI)(C3)C2. The van der Waals surface area contributed by atoms with Crippen molar-refractivity contribution in [1.29, 1.82) is 0 Å². The fourth-order valence-electron chi connectivity index (χ4n) is 5.29. The molecule has 4 rings (SSSR count). The van der Waals surface area contributed by atoms with Crippen LogP contribution in [0.3, 0.4) is 0 Å². The maximum Gasteiger partial charge on any atom is 0.305 e. The van der Waals surface area contributed by atoms with Crippen LogP contribution < -0.4 is 0 Å². The molecule has 0 aromatic heterocycles. The third-order valence-electron chi connectivity index (χ3n) is 5.44. The summed E-state index contributed by atoms with van der Waals surface area (Å²) in [5, 5.41) is 0. The largest absolute Gasteiger partial charge is 0.465 e. The summed E-state index contributed by atoms with van der Waals surface area (Å²) >= 11 is 2.39. The Morgan fingerprint density at radius 2 is 1.95 bits per heavy atom. The van der Waals surface area contributed by atoms with Gasteiger partial charge in [0.2, 0.25) is 0 Å². The first kappa shape index (κ1) is 15.1. The molecule has 0 heterocycles. The topological polar surface area (TPSA) is 35.5 Å². The van der Waals surface area contributed by atoms with Crippen LogP contribution in [0.25, 0.3) is 0 Å². The summed E-state index contributed by atoms with van der Waals surface area (Å²) < 4.78 is 12.9. The fraction of sp³-hybridized carbons (Fsp3) is 0.938. The minimum absolute atomic E-state index is 0.0528. The summed E-state index contributed by atoms with van der Waals surface area (Å²) in [7, 11) is 0. The molecule has 4 saturated carbocycles. The number of carbonyl (C=O) groups is 1. The van der Waals surface area contributed by atoms with Crippen molar-refractivity contribution >= 4 is 28.6 Å². The highest BCUT2D eigenvalue weighted by molar-refractivity contribution is 14.1. The van der Waals surface area contributed by atoms with E-state index in [4.69, 9.17) is 9.47 Å². The molecule has 114 valence electrons. The van der Waals surface area contributed by atoms with E-state index in [1.54, 1.807) is 0 Å². The van der Waals surface area contributed by atoms with Crippen LogP contribution in [0, 0.1) is 17.3 Å². The van der Waals surface area contributed by atoms with E-state index in [1.807, 2.05) is 6.92 Å². The molecule has 4 aliphatic rings. The van der Waals surface area contributed by atoms with Gasteiger partial charge >= 0.3 is 5.97 Å². The second-order valence-electron chi connectivity index (χ2n) is 7.20. The van der Waals surface area contributed by atoms with Gasteiger partial charge in [0.25, 0.3) is 0 Å². The minimum Gasteiger partial charge on any atom is -0.465 e. The number of hydrogen-bond acceptors (Lipinski definition) is 3. The van der Waals surface area contributed by atoms with E-state index in [-0.39, 0.29) is 17.0 Å². The molecule has 0 radical (unpaired) electrons. The molecule has 20 heavy (non-hydrogen) atoms. The van der Waals surface area contributed by atoms with Crippen molar-refractivity contribution in [1.82, 2.24) is 0 Å². The average molecular weight is 392 g/mol. The van der Waals surface area contributed by atoms with Crippen molar-refractivity contribution in [3.63, 3.8) is 0 Å². The highest BCUT2D eigenvalue weighted by atomic mass is 127. The lowest BCUT2D eigenvalue weighted by Crippen LogP contribution is -2.58. The van der Waals surface area contributed by atoms with Crippen molar-refractivity contribution < 1.29 is 14.3 Å². The molecule has 0 spiro atoms. The first-order chi connectivity index (χ1) is 9.59. The van der Waals surface area contributed by atoms with E-state index in [9.17, 15) is 4.79 Å². The zero-order valence-electron chi connectivity index (χ0n) is 12.3. The smallest absolute Gasteiger partial charge is 0.305 e. The van der Waals surface area contributed by atoms with Crippen LogP contribution in [0.2, 0.25) is 0 Å². The molecule has 2 unspecified atom stereocenters. The number of alkyl halides is 1. The standard InChI is InChI=1S/C16H25IO3/c1-2-14(18)19-11-15-6-12-5-13(7-15)9-16(8-12,10-15)20-4-3-17/h12-13H,2-11H2,1H3. The van der Waals surface area contributed by atoms with Crippen LogP contribution >= 0.6 is 22.6 Å². The maximum atomic E-state index is 11.5. The van der Waals surface area contributed by atoms with E-state index in [1.165, 1.54) is 32.1 Å². The Morgan fingerprint density at radius 1 is 1.25 bits per heavy atom. The number of ether oxygens (including phenoxy) is 2. The Morgan fingerprint density at radius 3 is 2.55 bits per heavy atom. The van der Waals surface area contributed by atoms with Crippen LogP contribution in [-0.4, -0.2) is 29.2 Å². The van der Waals surface area contributed by atoms with Crippen molar-refractivity contribution in [2.75, 3.05) is 17.6 Å². The molecule has 0 saturated heterocycles. The molecule has 4 bridgehead atoms. The van der Waals surface area contributed by atoms with Gasteiger partial charge in [0.15, 0.2) is 0 Å². The van der Waals surface area contributed by atoms with Gasteiger partial charge in [-0.15, -0.1) is 0 Å². The molecule has 0 aromatic carbocycles. The van der Waals surface area contributed by atoms with Gasteiger partial charge in [-0.3, -0.25) is 4.79 Å². The lowest BCUT2D eigenvalue weighted by Gasteiger charge is -2.61. The van der Waals surface area contributed by atoms with Crippen LogP contribution in [0.15, 0.2) is 0 Å². The third kappa shape index (κ3) is 2.87. The maximum absolute atomic E-state index is 11.5. The molecular weight excluding hydrogens is 367 g/mol. The summed E-state index contributed by atoms with van der Waals surface area (Å²) in [5.41, 5.74) is 0.327. The number of rotatable bonds is 6. The predicted octanol–water partition coefficient (Wildman–Crippen LogP) is 3.73. The third-order valence-corrected chi connectivity index (χ3v) is 5.88. The van der Waals surface area contributed by atoms with E-state index in [2.05, 4.69) is 22.6 Å². The van der Waals surface area contributed by atoms with Gasteiger partial charge in [-0.2, -0.15) is 0 Å². The van der Waals surface area contributed by atoms with Crippen LogP contribution in [-0.2, 0) is 14.3 Å². The summed E-state index contributed by atoms with van der Waals surface area (Å²) in [6, 6.07) is 0. The Labute approximate surface area is 135 Å². The second kappa shape index (κ2) is 5.75. The van der Waals surface area contributed by atoms with E-state index >= 15 is 0 Å². The second-order valence-corrected chi connectivity index (χ2v) is 8.27. The minimum atomic E-state index is -0.0528. The molecular formula is C16H25IO3. The van der Waals surface area contributed by atoms with Crippen LogP contribution in [0.1, 0.15) is 51.9 Å². The zero-order valence-corrected chi connectivity index (χ0v) is 14.5. The molecule has 2 atom stereocenters. The molecule has 4 aliphatic carbocycles. The lowest BCUT2D eigenvalue weighted by molar-refractivity contribution is -0.204. The fourth-order valence-corrected chi connectivity index (χ4v) is 5.51. The Kier molecular flexibility index (Phi) is 4.33. The van der Waals surface area contributed by atoms with Crippen LogP contribution in [0.5, 0.6) is 0 Å². The lowest BCUT2D eigenvalue weighted by atomic mass is 9.48. The Balaban J connectivity index is 1.71. The molecule has 0 aromatic rings. The van der Waals surface area contributed by atoms with Crippen molar-refractivity contribution in [3.8, 4) is 0 Å². The van der Waals surface area contributed by atoms with Crippen molar-refractivity contribution in [3.05, 3.63) is 0 Å². The van der Waals surface area contributed by atoms with Gasteiger partial charge in [-0.25, -0.2) is 0 Å². The van der Waals surface area contributed by atoms with Gasteiger partial charge < -0.3 is 9.47 Å². The van der Waals surface area contributed by atoms with E-state index in [0.29, 0.717) is 13.0 Å². The van der Waals surface area contributed by atoms with Gasteiger partial charge in [-0.1, -0.05) is 29.5 Å². The van der Waals surface area contributed by atoms with Gasteiger partial charge in [-0.05, 0) is 50.4 Å².